The van der Waals surface area contributed by atoms with E-state index in [0.29, 0.717) is 30.4 Å². The van der Waals surface area contributed by atoms with E-state index in [2.05, 4.69) is 16.9 Å². The summed E-state index contributed by atoms with van der Waals surface area (Å²) in [5, 5.41) is 0. The molecule has 5 heteroatoms. The molecule has 0 radical (unpaired) electrons. The van der Waals surface area contributed by atoms with Crippen molar-refractivity contribution in [3.8, 4) is 22.9 Å². The van der Waals surface area contributed by atoms with E-state index >= 15 is 0 Å². The van der Waals surface area contributed by atoms with Gasteiger partial charge in [0.2, 0.25) is 0 Å². The molecule has 0 aliphatic carbocycles. The van der Waals surface area contributed by atoms with E-state index < -0.39 is 6.17 Å². The van der Waals surface area contributed by atoms with Crippen molar-refractivity contribution in [2.75, 3.05) is 13.2 Å². The van der Waals surface area contributed by atoms with Gasteiger partial charge in [-0.25, -0.2) is 14.4 Å². The smallest absolute Gasteiger partial charge is 0.159 e. The van der Waals surface area contributed by atoms with E-state index in [4.69, 9.17) is 9.47 Å². The van der Waals surface area contributed by atoms with Crippen LogP contribution in [0.4, 0.5) is 4.39 Å². The van der Waals surface area contributed by atoms with E-state index in [1.165, 1.54) is 19.3 Å². The van der Waals surface area contributed by atoms with Crippen LogP contribution in [0.15, 0.2) is 36.7 Å². The zero-order chi connectivity index (χ0) is 17.9. The minimum Gasteiger partial charge on any atom is -0.491 e. The Labute approximate surface area is 149 Å². The molecular weight excluding hydrogens is 319 g/mol. The highest BCUT2D eigenvalue weighted by Gasteiger charge is 2.06. The number of unbranched alkanes of at least 4 members (excludes halogenated alkanes) is 3. The summed E-state index contributed by atoms with van der Waals surface area (Å²) in [5.41, 5.74) is 0.883. The average Bonchev–Trinajstić information content (AvgIpc) is 2.67. The summed E-state index contributed by atoms with van der Waals surface area (Å²) in [6.45, 7) is 4.76. The summed E-state index contributed by atoms with van der Waals surface area (Å²) in [6.07, 6.45) is 7.61. The van der Waals surface area contributed by atoms with E-state index in [-0.39, 0.29) is 6.61 Å². The molecule has 1 heterocycles. The molecular formula is C20H27FN2O2. The van der Waals surface area contributed by atoms with Gasteiger partial charge in [-0.05, 0) is 37.1 Å². The largest absolute Gasteiger partial charge is 0.491 e. The van der Waals surface area contributed by atoms with Gasteiger partial charge >= 0.3 is 0 Å². The lowest BCUT2D eigenvalue weighted by Crippen LogP contribution is -2.11. The van der Waals surface area contributed by atoms with Crippen LogP contribution in [0.2, 0.25) is 0 Å². The number of ether oxygens (including phenoxy) is 2. The van der Waals surface area contributed by atoms with E-state index in [9.17, 15) is 4.39 Å². The first kappa shape index (κ1) is 19.2. The van der Waals surface area contributed by atoms with Crippen molar-refractivity contribution >= 4 is 0 Å². The maximum absolute atomic E-state index is 13.2. The number of nitrogens with zero attached hydrogens (tertiary/aromatic N) is 2. The van der Waals surface area contributed by atoms with Gasteiger partial charge in [-0.1, -0.05) is 33.1 Å². The van der Waals surface area contributed by atoms with Gasteiger partial charge in [0.25, 0.3) is 0 Å². The van der Waals surface area contributed by atoms with Gasteiger partial charge in [-0.3, -0.25) is 0 Å². The second-order valence-electron chi connectivity index (χ2n) is 5.99. The second kappa shape index (κ2) is 10.6. The third-order valence-corrected chi connectivity index (χ3v) is 3.88. The highest BCUT2D eigenvalue weighted by molar-refractivity contribution is 5.56. The molecule has 0 N–H and O–H groups in total. The summed E-state index contributed by atoms with van der Waals surface area (Å²) in [7, 11) is 0. The van der Waals surface area contributed by atoms with Crippen molar-refractivity contribution in [1.29, 1.82) is 0 Å². The zero-order valence-corrected chi connectivity index (χ0v) is 15.1. The fourth-order valence-electron chi connectivity index (χ4n) is 2.26. The zero-order valence-electron chi connectivity index (χ0n) is 15.1. The number of alkyl halides is 1. The highest BCUT2D eigenvalue weighted by Crippen LogP contribution is 2.21. The SMILES string of the molecule is CCCCCCOc1cnc(-c2ccc(OC[C@H](F)CC)cc2)nc1. The van der Waals surface area contributed by atoms with Gasteiger partial charge in [0.15, 0.2) is 11.6 Å². The van der Waals surface area contributed by atoms with Crippen LogP contribution < -0.4 is 9.47 Å². The predicted octanol–water partition coefficient (Wildman–Crippen LogP) is 5.23. The number of aromatic nitrogens is 2. The molecule has 136 valence electrons. The van der Waals surface area contributed by atoms with Crippen molar-refractivity contribution < 1.29 is 13.9 Å². The van der Waals surface area contributed by atoms with Crippen LogP contribution in [0.25, 0.3) is 11.4 Å². The van der Waals surface area contributed by atoms with Crippen molar-refractivity contribution in [2.45, 2.75) is 52.1 Å². The molecule has 0 aliphatic rings. The first-order chi connectivity index (χ1) is 12.2. The van der Waals surface area contributed by atoms with Crippen molar-refractivity contribution in [2.24, 2.45) is 0 Å². The average molecular weight is 346 g/mol. The number of benzene rings is 1. The van der Waals surface area contributed by atoms with Crippen molar-refractivity contribution in [1.82, 2.24) is 9.97 Å². The molecule has 0 bridgehead atoms. The van der Waals surface area contributed by atoms with Crippen LogP contribution >= 0.6 is 0 Å². The highest BCUT2D eigenvalue weighted by atomic mass is 19.1. The summed E-state index contributed by atoms with van der Waals surface area (Å²) < 4.78 is 24.2. The molecule has 2 aromatic rings. The molecule has 1 aromatic carbocycles. The fourth-order valence-corrected chi connectivity index (χ4v) is 2.26. The molecule has 0 saturated carbocycles. The van der Waals surface area contributed by atoms with Crippen molar-refractivity contribution in [3.63, 3.8) is 0 Å². The molecule has 0 fully saturated rings. The fraction of sp³-hybridized carbons (Fsp3) is 0.500. The Morgan fingerprint density at radius 3 is 2.28 bits per heavy atom. The number of hydrogen-bond donors (Lipinski definition) is 0. The number of halogens is 1. The standard InChI is InChI=1S/C20H27FN2O2/c1-3-5-6-7-12-24-19-13-22-20(23-14-19)16-8-10-18(11-9-16)25-15-17(21)4-2/h8-11,13-14,17H,3-7,12,15H2,1-2H3/t17-/m1/s1. The lowest BCUT2D eigenvalue weighted by Gasteiger charge is -2.09. The van der Waals surface area contributed by atoms with Crippen LogP contribution in [0.5, 0.6) is 11.5 Å². The Morgan fingerprint density at radius 2 is 1.64 bits per heavy atom. The summed E-state index contributed by atoms with van der Waals surface area (Å²) in [6, 6.07) is 7.35. The van der Waals surface area contributed by atoms with Gasteiger partial charge in [0.05, 0.1) is 19.0 Å². The minimum atomic E-state index is -0.933. The first-order valence-electron chi connectivity index (χ1n) is 9.05. The van der Waals surface area contributed by atoms with E-state index in [1.807, 2.05) is 12.1 Å². The molecule has 4 nitrogen and oxygen atoms in total. The molecule has 1 aromatic heterocycles. The predicted molar refractivity (Wildman–Crippen MR) is 97.8 cm³/mol. The molecule has 0 unspecified atom stereocenters. The summed E-state index contributed by atoms with van der Waals surface area (Å²) >= 11 is 0. The van der Waals surface area contributed by atoms with Crippen LogP contribution in [-0.2, 0) is 0 Å². The Hall–Kier alpha value is -2.17. The van der Waals surface area contributed by atoms with E-state index in [1.54, 1.807) is 31.5 Å². The molecule has 0 saturated heterocycles. The topological polar surface area (TPSA) is 44.2 Å². The Morgan fingerprint density at radius 1 is 0.920 bits per heavy atom. The first-order valence-corrected chi connectivity index (χ1v) is 9.05. The minimum absolute atomic E-state index is 0.0800. The van der Waals surface area contributed by atoms with Crippen LogP contribution in [0, 0.1) is 0 Å². The second-order valence-corrected chi connectivity index (χ2v) is 5.99. The molecule has 2 rings (SSSR count). The molecule has 0 aliphatic heterocycles. The van der Waals surface area contributed by atoms with Crippen LogP contribution in [-0.4, -0.2) is 29.4 Å². The third-order valence-electron chi connectivity index (χ3n) is 3.88. The Bertz CT molecular complexity index is 602. The van der Waals surface area contributed by atoms with Gasteiger partial charge in [0.1, 0.15) is 18.5 Å². The van der Waals surface area contributed by atoms with Gasteiger partial charge in [0, 0.05) is 5.56 Å². The normalized spacial score (nSPS) is 12.0. The maximum Gasteiger partial charge on any atom is 0.159 e. The third kappa shape index (κ3) is 6.69. The summed E-state index contributed by atoms with van der Waals surface area (Å²) in [4.78, 5) is 8.69. The van der Waals surface area contributed by atoms with Crippen molar-refractivity contribution in [3.05, 3.63) is 36.7 Å². The van der Waals surface area contributed by atoms with Crippen LogP contribution in [0.1, 0.15) is 46.0 Å². The molecule has 25 heavy (non-hydrogen) atoms. The Kier molecular flexibility index (Phi) is 8.16. The van der Waals surface area contributed by atoms with Gasteiger partial charge < -0.3 is 9.47 Å². The molecule has 0 amide bonds. The number of hydrogen-bond acceptors (Lipinski definition) is 4. The number of rotatable bonds is 11. The monoisotopic (exact) mass is 346 g/mol. The molecule has 1 atom stereocenters. The van der Waals surface area contributed by atoms with E-state index in [0.717, 1.165) is 12.0 Å². The lowest BCUT2D eigenvalue weighted by molar-refractivity contribution is 0.192. The van der Waals surface area contributed by atoms with Gasteiger partial charge in [-0.2, -0.15) is 0 Å². The molecule has 0 spiro atoms. The summed E-state index contributed by atoms with van der Waals surface area (Å²) in [5.74, 6) is 1.96. The van der Waals surface area contributed by atoms with Gasteiger partial charge in [-0.15, -0.1) is 0 Å². The quantitative estimate of drug-likeness (QED) is 0.523. The lowest BCUT2D eigenvalue weighted by atomic mass is 10.2. The van der Waals surface area contributed by atoms with Crippen LogP contribution in [0.3, 0.4) is 0 Å². The maximum atomic E-state index is 13.2. The Balaban J connectivity index is 1.84.